The lowest BCUT2D eigenvalue weighted by Crippen LogP contribution is -1.98. The summed E-state index contributed by atoms with van der Waals surface area (Å²) in [6, 6.07) is 9.00. The van der Waals surface area contributed by atoms with Crippen LogP contribution in [0.25, 0.3) is 5.69 Å². The Morgan fingerprint density at radius 2 is 2.29 bits per heavy atom. The van der Waals surface area contributed by atoms with Gasteiger partial charge in [-0.1, -0.05) is 17.7 Å². The smallest absolute Gasteiger partial charge is 0.183 e. The molecule has 0 aliphatic heterocycles. The highest BCUT2D eigenvalue weighted by atomic mass is 35.5. The van der Waals surface area contributed by atoms with E-state index in [0.717, 1.165) is 5.69 Å². The van der Waals surface area contributed by atoms with Crippen LogP contribution >= 0.6 is 11.6 Å². The third-order valence-corrected chi connectivity index (χ3v) is 1.88. The van der Waals surface area contributed by atoms with Gasteiger partial charge in [-0.05, 0) is 18.2 Å². The monoisotopic (exact) mass is 204 g/mol. The maximum atomic E-state index is 8.56. The van der Waals surface area contributed by atoms with Crippen LogP contribution in [0.4, 0.5) is 0 Å². The van der Waals surface area contributed by atoms with Gasteiger partial charge in [0.1, 0.15) is 6.07 Å². The van der Waals surface area contributed by atoms with Crippen molar-refractivity contribution in [3.8, 4) is 11.8 Å². The van der Waals surface area contributed by atoms with E-state index in [-0.39, 0.29) is 5.69 Å². The van der Waals surface area contributed by atoms with Crippen LogP contribution in [0.3, 0.4) is 0 Å². The Labute approximate surface area is 85.3 Å². The molecule has 2 aromatic rings. The molecule has 1 aromatic carbocycles. The lowest BCUT2D eigenvalue weighted by molar-refractivity contribution is 0.749. The number of nitrogens with zero attached hydrogens (tertiary/aromatic N) is 4. The molecule has 1 aromatic heterocycles. The van der Waals surface area contributed by atoms with Gasteiger partial charge in [-0.2, -0.15) is 15.2 Å². The van der Waals surface area contributed by atoms with Gasteiger partial charge in [0.05, 0.1) is 11.9 Å². The minimum Gasteiger partial charge on any atom is -0.191 e. The molecular formula is C9H5ClN4. The number of hydrogen-bond acceptors (Lipinski definition) is 3. The molecule has 14 heavy (non-hydrogen) atoms. The van der Waals surface area contributed by atoms with Crippen LogP contribution in [0.15, 0.2) is 30.5 Å². The SMILES string of the molecule is N#Cc1cnn(-c2cccc(Cl)c2)n1. The van der Waals surface area contributed by atoms with E-state index in [1.807, 2.05) is 12.1 Å². The summed E-state index contributed by atoms with van der Waals surface area (Å²) in [6.45, 7) is 0. The Morgan fingerprint density at radius 3 is 2.93 bits per heavy atom. The van der Waals surface area contributed by atoms with Crippen molar-refractivity contribution < 1.29 is 0 Å². The molecule has 4 nitrogen and oxygen atoms in total. The molecular weight excluding hydrogens is 200 g/mol. The molecule has 0 spiro atoms. The van der Waals surface area contributed by atoms with Crippen molar-refractivity contribution in [2.24, 2.45) is 0 Å². The summed E-state index contributed by atoms with van der Waals surface area (Å²) in [4.78, 5) is 1.37. The van der Waals surface area contributed by atoms with E-state index in [9.17, 15) is 0 Å². The fourth-order valence-corrected chi connectivity index (χ4v) is 1.22. The first kappa shape index (κ1) is 8.73. The topological polar surface area (TPSA) is 54.5 Å². The van der Waals surface area contributed by atoms with E-state index in [0.29, 0.717) is 5.02 Å². The molecule has 0 saturated heterocycles. The first-order valence-corrected chi connectivity index (χ1v) is 4.26. The van der Waals surface area contributed by atoms with Gasteiger partial charge in [-0.3, -0.25) is 0 Å². The van der Waals surface area contributed by atoms with Gasteiger partial charge in [0.25, 0.3) is 0 Å². The Morgan fingerprint density at radius 1 is 1.43 bits per heavy atom. The Kier molecular flexibility index (Phi) is 2.17. The number of hydrogen-bond donors (Lipinski definition) is 0. The highest BCUT2D eigenvalue weighted by Crippen LogP contribution is 2.12. The molecule has 0 amide bonds. The molecule has 2 rings (SSSR count). The van der Waals surface area contributed by atoms with Crippen LogP contribution in [0, 0.1) is 11.3 Å². The average Bonchev–Trinajstić information content (AvgIpc) is 2.66. The predicted octanol–water partition coefficient (Wildman–Crippen LogP) is 1.79. The molecule has 0 unspecified atom stereocenters. The first-order chi connectivity index (χ1) is 6.79. The van der Waals surface area contributed by atoms with Gasteiger partial charge < -0.3 is 0 Å². The van der Waals surface area contributed by atoms with Gasteiger partial charge in [0, 0.05) is 5.02 Å². The van der Waals surface area contributed by atoms with Crippen LogP contribution < -0.4 is 0 Å². The largest absolute Gasteiger partial charge is 0.191 e. The fourth-order valence-electron chi connectivity index (χ4n) is 1.04. The summed E-state index contributed by atoms with van der Waals surface area (Å²) in [5, 5.41) is 17.0. The van der Waals surface area contributed by atoms with E-state index in [1.165, 1.54) is 11.0 Å². The highest BCUT2D eigenvalue weighted by molar-refractivity contribution is 6.30. The Hall–Kier alpha value is -1.86. The van der Waals surface area contributed by atoms with Crippen LogP contribution in [0.2, 0.25) is 5.02 Å². The second-order valence-electron chi connectivity index (χ2n) is 2.61. The maximum Gasteiger partial charge on any atom is 0.183 e. The number of benzene rings is 1. The maximum absolute atomic E-state index is 8.56. The number of nitriles is 1. The van der Waals surface area contributed by atoms with Gasteiger partial charge in [0.15, 0.2) is 5.69 Å². The summed E-state index contributed by atoms with van der Waals surface area (Å²) in [5.74, 6) is 0. The van der Waals surface area contributed by atoms with Crippen molar-refractivity contribution in [2.45, 2.75) is 0 Å². The second kappa shape index (κ2) is 3.48. The normalized spacial score (nSPS) is 9.71. The van der Waals surface area contributed by atoms with Crippen molar-refractivity contribution in [3.63, 3.8) is 0 Å². The fraction of sp³-hybridized carbons (Fsp3) is 0. The van der Waals surface area contributed by atoms with Crippen molar-refractivity contribution in [1.82, 2.24) is 15.0 Å². The third-order valence-electron chi connectivity index (χ3n) is 1.65. The summed E-state index contributed by atoms with van der Waals surface area (Å²) in [5.41, 5.74) is 1.02. The molecule has 5 heteroatoms. The molecule has 68 valence electrons. The quantitative estimate of drug-likeness (QED) is 0.712. The standard InChI is InChI=1S/C9H5ClN4/c10-7-2-1-3-9(4-7)14-12-6-8(5-11)13-14/h1-4,6H. The predicted molar refractivity (Wildman–Crippen MR) is 51.1 cm³/mol. The molecule has 0 fully saturated rings. The Balaban J connectivity index is 2.45. The van der Waals surface area contributed by atoms with E-state index in [4.69, 9.17) is 16.9 Å². The van der Waals surface area contributed by atoms with E-state index in [2.05, 4.69) is 10.2 Å². The third kappa shape index (κ3) is 1.58. The molecule has 0 bridgehead atoms. The van der Waals surface area contributed by atoms with Crippen molar-refractivity contribution in [2.75, 3.05) is 0 Å². The molecule has 0 aliphatic rings. The lowest BCUT2D eigenvalue weighted by atomic mass is 10.3. The number of halogens is 1. The zero-order valence-corrected chi connectivity index (χ0v) is 7.81. The Bertz CT molecular complexity index is 498. The minimum absolute atomic E-state index is 0.282. The number of rotatable bonds is 1. The zero-order chi connectivity index (χ0) is 9.97. The van der Waals surface area contributed by atoms with Crippen LogP contribution in [0.1, 0.15) is 5.69 Å². The zero-order valence-electron chi connectivity index (χ0n) is 7.05. The minimum atomic E-state index is 0.282. The molecule has 1 heterocycles. The molecule has 0 radical (unpaired) electrons. The highest BCUT2D eigenvalue weighted by Gasteiger charge is 2.01. The first-order valence-electron chi connectivity index (χ1n) is 3.88. The van der Waals surface area contributed by atoms with E-state index in [1.54, 1.807) is 18.2 Å². The van der Waals surface area contributed by atoms with E-state index < -0.39 is 0 Å². The van der Waals surface area contributed by atoms with Gasteiger partial charge in [-0.25, -0.2) is 0 Å². The number of aromatic nitrogens is 3. The summed E-state index contributed by atoms with van der Waals surface area (Å²) in [6.07, 6.45) is 1.40. The van der Waals surface area contributed by atoms with Gasteiger partial charge >= 0.3 is 0 Å². The van der Waals surface area contributed by atoms with Crippen LogP contribution in [-0.2, 0) is 0 Å². The summed E-state index contributed by atoms with van der Waals surface area (Å²) >= 11 is 5.80. The average molecular weight is 205 g/mol. The molecule has 0 atom stereocenters. The van der Waals surface area contributed by atoms with Crippen molar-refractivity contribution in [3.05, 3.63) is 41.2 Å². The van der Waals surface area contributed by atoms with Crippen molar-refractivity contribution in [1.29, 1.82) is 5.26 Å². The van der Waals surface area contributed by atoms with Crippen molar-refractivity contribution >= 4 is 11.6 Å². The van der Waals surface area contributed by atoms with Crippen LogP contribution in [-0.4, -0.2) is 15.0 Å². The lowest BCUT2D eigenvalue weighted by Gasteiger charge is -1.98. The van der Waals surface area contributed by atoms with Gasteiger partial charge in [-0.15, -0.1) is 5.10 Å². The summed E-state index contributed by atoms with van der Waals surface area (Å²) < 4.78 is 0. The van der Waals surface area contributed by atoms with Crippen LogP contribution in [0.5, 0.6) is 0 Å². The summed E-state index contributed by atoms with van der Waals surface area (Å²) in [7, 11) is 0. The van der Waals surface area contributed by atoms with E-state index >= 15 is 0 Å². The van der Waals surface area contributed by atoms with Gasteiger partial charge in [0.2, 0.25) is 0 Å². The molecule has 0 aliphatic carbocycles. The molecule has 0 saturated carbocycles. The second-order valence-corrected chi connectivity index (χ2v) is 3.05. The molecule has 0 N–H and O–H groups in total.